The van der Waals surface area contributed by atoms with Gasteiger partial charge in [-0.05, 0) is 30.7 Å². The normalized spacial score (nSPS) is 10.8. The molecule has 2 N–H and O–H groups in total. The van der Waals surface area contributed by atoms with Crippen LogP contribution in [0.5, 0.6) is 0 Å². The van der Waals surface area contributed by atoms with Gasteiger partial charge < -0.3 is 10.3 Å². The summed E-state index contributed by atoms with van der Waals surface area (Å²) in [7, 11) is 0. The first-order valence-corrected chi connectivity index (χ1v) is 9.01. The Balaban J connectivity index is 1.68. The van der Waals surface area contributed by atoms with Crippen LogP contribution in [0.25, 0.3) is 10.9 Å². The van der Waals surface area contributed by atoms with Crippen molar-refractivity contribution < 1.29 is 4.79 Å². The number of fused-ring (bicyclic) bond motifs is 1. The van der Waals surface area contributed by atoms with Crippen LogP contribution in [-0.2, 0) is 11.2 Å². The van der Waals surface area contributed by atoms with E-state index < -0.39 is 0 Å². The van der Waals surface area contributed by atoms with Gasteiger partial charge in [0, 0.05) is 23.3 Å². The molecule has 1 amide bonds. The number of nitrogens with one attached hydrogen (secondary N) is 2. The molecule has 6 nitrogen and oxygen atoms in total. The van der Waals surface area contributed by atoms with Gasteiger partial charge in [0.25, 0.3) is 5.56 Å². The second-order valence-electron chi connectivity index (χ2n) is 5.50. The van der Waals surface area contributed by atoms with E-state index in [1.165, 1.54) is 17.8 Å². The summed E-state index contributed by atoms with van der Waals surface area (Å²) in [5.41, 5.74) is 2.10. The van der Waals surface area contributed by atoms with Crippen LogP contribution in [0.15, 0.2) is 52.5 Å². The lowest BCUT2D eigenvalue weighted by molar-refractivity contribution is -0.113. The van der Waals surface area contributed by atoms with E-state index in [1.54, 1.807) is 6.20 Å². The lowest BCUT2D eigenvalue weighted by Crippen LogP contribution is -2.16. The summed E-state index contributed by atoms with van der Waals surface area (Å²) in [4.78, 5) is 35.2. The monoisotopic (exact) mass is 354 g/mol. The van der Waals surface area contributed by atoms with Gasteiger partial charge in [-0.15, -0.1) is 0 Å². The van der Waals surface area contributed by atoms with E-state index in [1.807, 2.05) is 37.3 Å². The predicted octanol–water partition coefficient (Wildman–Crippen LogP) is 3.00. The molecule has 0 atom stereocenters. The number of benzene rings is 1. The van der Waals surface area contributed by atoms with Crippen LogP contribution in [0, 0.1) is 0 Å². The number of hydrogen-bond donors (Lipinski definition) is 2. The third-order valence-electron chi connectivity index (χ3n) is 3.54. The highest BCUT2D eigenvalue weighted by atomic mass is 32.2. The van der Waals surface area contributed by atoms with E-state index in [0.29, 0.717) is 5.16 Å². The fourth-order valence-corrected chi connectivity index (χ4v) is 3.16. The highest BCUT2D eigenvalue weighted by Gasteiger charge is 2.09. The minimum Gasteiger partial charge on any atom is -0.325 e. The van der Waals surface area contributed by atoms with Gasteiger partial charge in [0.2, 0.25) is 5.91 Å². The van der Waals surface area contributed by atoms with Crippen molar-refractivity contribution in [1.82, 2.24) is 15.0 Å². The third kappa shape index (κ3) is 4.45. The molecular formula is C18H18N4O2S. The zero-order chi connectivity index (χ0) is 17.6. The van der Waals surface area contributed by atoms with E-state index in [-0.39, 0.29) is 17.2 Å². The molecule has 0 aliphatic rings. The summed E-state index contributed by atoms with van der Waals surface area (Å²) in [5, 5.41) is 4.24. The number of carbonyl (C=O) groups excluding carboxylic acids is 1. The average molecular weight is 354 g/mol. The van der Waals surface area contributed by atoms with Gasteiger partial charge in [0.1, 0.15) is 0 Å². The molecule has 0 spiro atoms. The smallest absolute Gasteiger partial charge is 0.251 e. The van der Waals surface area contributed by atoms with Crippen molar-refractivity contribution in [3.8, 4) is 0 Å². The van der Waals surface area contributed by atoms with Crippen LogP contribution in [0.4, 0.5) is 5.69 Å². The molecule has 3 aromatic rings. The van der Waals surface area contributed by atoms with E-state index in [2.05, 4.69) is 20.3 Å². The number of thioether (sulfide) groups is 1. The molecule has 3 rings (SSSR count). The van der Waals surface area contributed by atoms with E-state index in [9.17, 15) is 9.59 Å². The molecule has 0 aliphatic heterocycles. The van der Waals surface area contributed by atoms with Gasteiger partial charge in [0.05, 0.1) is 17.0 Å². The molecule has 0 saturated carbocycles. The number of anilines is 1. The maximum absolute atomic E-state index is 12.3. The Morgan fingerprint density at radius 1 is 1.28 bits per heavy atom. The van der Waals surface area contributed by atoms with Crippen LogP contribution in [-0.4, -0.2) is 26.6 Å². The standard InChI is InChI=1S/C18H18N4O2S/c1-2-5-12-10-16(23)22-18(20-12)25-11-17(24)21-15-8-3-7-14-13(15)6-4-9-19-14/h3-4,6-10H,2,5,11H2,1H3,(H,21,24)(H,20,22,23). The summed E-state index contributed by atoms with van der Waals surface area (Å²) >= 11 is 1.21. The molecule has 2 aromatic heterocycles. The largest absolute Gasteiger partial charge is 0.325 e. The molecule has 2 heterocycles. The first-order valence-electron chi connectivity index (χ1n) is 8.02. The number of aromatic amines is 1. The Morgan fingerprint density at radius 2 is 2.16 bits per heavy atom. The van der Waals surface area contributed by atoms with Crippen molar-refractivity contribution in [1.29, 1.82) is 0 Å². The number of aryl methyl sites for hydroxylation is 1. The summed E-state index contributed by atoms with van der Waals surface area (Å²) in [5.74, 6) is -0.000260. The number of hydrogen-bond acceptors (Lipinski definition) is 5. The van der Waals surface area contributed by atoms with Gasteiger partial charge in [-0.1, -0.05) is 31.2 Å². The maximum atomic E-state index is 12.3. The Labute approximate surface area is 149 Å². The Kier molecular flexibility index (Phi) is 5.45. The van der Waals surface area contributed by atoms with Gasteiger partial charge in [0.15, 0.2) is 5.16 Å². The Bertz CT molecular complexity index is 950. The summed E-state index contributed by atoms with van der Waals surface area (Å²) in [6.45, 7) is 2.03. The summed E-state index contributed by atoms with van der Waals surface area (Å²) in [6, 6.07) is 10.8. The molecule has 0 aliphatic carbocycles. The van der Waals surface area contributed by atoms with E-state index in [4.69, 9.17) is 0 Å². The number of carbonyl (C=O) groups is 1. The highest BCUT2D eigenvalue weighted by Crippen LogP contribution is 2.22. The first-order chi connectivity index (χ1) is 12.2. The minimum atomic E-state index is -0.193. The fraction of sp³-hybridized carbons (Fsp3) is 0.222. The highest BCUT2D eigenvalue weighted by molar-refractivity contribution is 7.99. The molecule has 7 heteroatoms. The average Bonchev–Trinajstić information content (AvgIpc) is 2.60. The topological polar surface area (TPSA) is 87.7 Å². The third-order valence-corrected chi connectivity index (χ3v) is 4.41. The van der Waals surface area contributed by atoms with Crippen LogP contribution in [0.2, 0.25) is 0 Å². The molecule has 0 radical (unpaired) electrons. The number of pyridine rings is 1. The summed E-state index contributed by atoms with van der Waals surface area (Å²) in [6.07, 6.45) is 3.37. The van der Waals surface area contributed by atoms with Crippen LogP contribution in [0.3, 0.4) is 0 Å². The number of rotatable bonds is 6. The van der Waals surface area contributed by atoms with Crippen molar-refractivity contribution in [3.05, 3.63) is 58.6 Å². The molecule has 128 valence electrons. The van der Waals surface area contributed by atoms with Crippen molar-refractivity contribution in [3.63, 3.8) is 0 Å². The quantitative estimate of drug-likeness (QED) is 0.525. The SMILES string of the molecule is CCCc1cc(=O)[nH]c(SCC(=O)Nc2cccc3ncccc23)n1. The Morgan fingerprint density at radius 3 is 3.00 bits per heavy atom. The van der Waals surface area contributed by atoms with Crippen LogP contribution >= 0.6 is 11.8 Å². The lowest BCUT2D eigenvalue weighted by Gasteiger charge is -2.08. The van der Waals surface area contributed by atoms with Crippen molar-refractivity contribution in [2.24, 2.45) is 0 Å². The Hall–Kier alpha value is -2.67. The molecule has 0 saturated heterocycles. The first kappa shape index (κ1) is 17.2. The molecule has 0 unspecified atom stereocenters. The van der Waals surface area contributed by atoms with Crippen molar-refractivity contribution in [2.75, 3.05) is 11.1 Å². The van der Waals surface area contributed by atoms with E-state index >= 15 is 0 Å². The predicted molar refractivity (Wildman–Crippen MR) is 99.9 cm³/mol. The number of H-pyrrole nitrogens is 1. The second kappa shape index (κ2) is 7.94. The van der Waals surface area contributed by atoms with Gasteiger partial charge in [-0.2, -0.15) is 0 Å². The van der Waals surface area contributed by atoms with Gasteiger partial charge in [-0.3, -0.25) is 14.6 Å². The van der Waals surface area contributed by atoms with E-state index in [0.717, 1.165) is 35.1 Å². The van der Waals surface area contributed by atoms with Crippen LogP contribution < -0.4 is 10.9 Å². The minimum absolute atomic E-state index is 0.162. The summed E-state index contributed by atoms with van der Waals surface area (Å²) < 4.78 is 0. The van der Waals surface area contributed by atoms with Gasteiger partial charge in [-0.25, -0.2) is 4.98 Å². The van der Waals surface area contributed by atoms with Crippen molar-refractivity contribution >= 4 is 34.3 Å². The molecule has 0 fully saturated rings. The molecule has 25 heavy (non-hydrogen) atoms. The number of amides is 1. The number of aromatic nitrogens is 3. The number of nitrogens with zero attached hydrogens (tertiary/aromatic N) is 2. The van der Waals surface area contributed by atoms with Gasteiger partial charge >= 0.3 is 0 Å². The molecule has 0 bridgehead atoms. The molecule has 1 aromatic carbocycles. The second-order valence-corrected chi connectivity index (χ2v) is 6.47. The van der Waals surface area contributed by atoms with Crippen LogP contribution in [0.1, 0.15) is 19.0 Å². The molecular weight excluding hydrogens is 336 g/mol. The maximum Gasteiger partial charge on any atom is 0.251 e. The van der Waals surface area contributed by atoms with Crippen molar-refractivity contribution in [2.45, 2.75) is 24.9 Å². The lowest BCUT2D eigenvalue weighted by atomic mass is 10.2. The fourth-order valence-electron chi connectivity index (χ4n) is 2.47. The zero-order valence-corrected chi connectivity index (χ0v) is 14.6. The zero-order valence-electron chi connectivity index (χ0n) is 13.8.